The summed E-state index contributed by atoms with van der Waals surface area (Å²) in [5.74, 6) is 0. The second kappa shape index (κ2) is 8.84. The van der Waals surface area contributed by atoms with Crippen molar-refractivity contribution in [2.24, 2.45) is 0 Å². The molecule has 1 aliphatic heterocycles. The van der Waals surface area contributed by atoms with Crippen molar-refractivity contribution in [3.8, 4) is 0 Å². The molecule has 5 nitrogen and oxygen atoms in total. The number of hydrogen-bond donors (Lipinski definition) is 0. The van der Waals surface area contributed by atoms with Crippen molar-refractivity contribution in [1.29, 1.82) is 0 Å². The van der Waals surface area contributed by atoms with Crippen LogP contribution in [0.25, 0.3) is 6.15 Å². The van der Waals surface area contributed by atoms with E-state index in [9.17, 15) is 4.79 Å². The zero-order chi connectivity index (χ0) is 13.9. The van der Waals surface area contributed by atoms with Crippen LogP contribution in [-0.2, 0) is 42.2 Å². The van der Waals surface area contributed by atoms with Gasteiger partial charge >= 0.3 is 6.09 Å². The minimum absolute atomic E-state index is 0. The van der Waals surface area contributed by atoms with E-state index in [1.807, 2.05) is 45.0 Å². The van der Waals surface area contributed by atoms with Crippen molar-refractivity contribution >= 4 is 6.09 Å². The topological polar surface area (TPSA) is 72.3 Å². The van der Waals surface area contributed by atoms with E-state index in [1.165, 1.54) is 0 Å². The fourth-order valence-corrected chi connectivity index (χ4v) is 1.96. The number of amides is 1. The summed E-state index contributed by atoms with van der Waals surface area (Å²) in [4.78, 5) is 13.7. The van der Waals surface area contributed by atoms with E-state index >= 15 is 0 Å². The van der Waals surface area contributed by atoms with Crippen LogP contribution in [-0.4, -0.2) is 36.3 Å². The molecule has 1 atom stereocenters. The van der Waals surface area contributed by atoms with Gasteiger partial charge in [0.15, 0.2) is 0 Å². The molecule has 0 aliphatic carbocycles. The van der Waals surface area contributed by atoms with Crippen LogP contribution in [0.5, 0.6) is 0 Å². The van der Waals surface area contributed by atoms with Gasteiger partial charge in [-0.1, -0.05) is 0 Å². The SMILES string of the molecule is CC(C)(C)OC(=O)N1CCOC(c2cc[c-]cc2)C1.[NH2-].[Y]. The summed E-state index contributed by atoms with van der Waals surface area (Å²) in [5.41, 5.74) is 0.596. The second-order valence-corrected chi connectivity index (χ2v) is 5.62. The molecule has 1 fully saturated rings. The Kier molecular flexibility index (Phi) is 8.63. The largest absolute Gasteiger partial charge is 0.693 e. The molecule has 21 heavy (non-hydrogen) atoms. The van der Waals surface area contributed by atoms with Gasteiger partial charge in [0, 0.05) is 39.3 Å². The average Bonchev–Trinajstić information content (AvgIpc) is 2.38. The Hall–Kier alpha value is -0.486. The van der Waals surface area contributed by atoms with Crippen LogP contribution in [0.1, 0.15) is 32.4 Å². The van der Waals surface area contributed by atoms with Gasteiger partial charge < -0.3 is 20.5 Å². The predicted molar refractivity (Wildman–Crippen MR) is 77.1 cm³/mol. The van der Waals surface area contributed by atoms with Crippen molar-refractivity contribution in [2.45, 2.75) is 32.5 Å². The molecule has 2 rings (SSSR count). The zero-order valence-corrected chi connectivity index (χ0v) is 15.7. The van der Waals surface area contributed by atoms with E-state index in [0.717, 1.165) is 5.56 Å². The number of ether oxygens (including phenoxy) is 2. The Morgan fingerprint density at radius 1 is 1.38 bits per heavy atom. The number of nitrogens with two attached hydrogens (primary N) is 1. The first-order valence-corrected chi connectivity index (χ1v) is 6.51. The van der Waals surface area contributed by atoms with E-state index in [0.29, 0.717) is 19.7 Å². The van der Waals surface area contributed by atoms with E-state index in [-0.39, 0.29) is 51.1 Å². The van der Waals surface area contributed by atoms with Gasteiger partial charge in [-0.15, -0.1) is 5.56 Å². The van der Waals surface area contributed by atoms with Gasteiger partial charge in [-0.05, 0) is 20.8 Å². The smallest absolute Gasteiger partial charge is 0.410 e. The molecular formula is C15H22N2O3Y-2. The molecule has 0 spiro atoms. The van der Waals surface area contributed by atoms with Gasteiger partial charge in [0.05, 0.1) is 19.3 Å². The molecule has 115 valence electrons. The van der Waals surface area contributed by atoms with Crippen molar-refractivity contribution in [3.63, 3.8) is 0 Å². The standard InChI is InChI=1S/C15H20NO3.H2N.Y/c1-15(2,3)19-14(17)16-9-10-18-13(11-16)12-7-5-4-6-8-12;;/h5-8,13H,9-11H2,1-3H3;1H2;/q2*-1;. The number of carbonyl (C=O) groups excluding carboxylic acids is 1. The van der Waals surface area contributed by atoms with Crippen LogP contribution in [0.3, 0.4) is 0 Å². The summed E-state index contributed by atoms with van der Waals surface area (Å²) in [5, 5.41) is 0. The van der Waals surface area contributed by atoms with Gasteiger partial charge in [0.2, 0.25) is 0 Å². The molecule has 0 bridgehead atoms. The third kappa shape index (κ3) is 6.43. The summed E-state index contributed by atoms with van der Waals surface area (Å²) >= 11 is 0. The monoisotopic (exact) mass is 367 g/mol. The number of benzene rings is 1. The van der Waals surface area contributed by atoms with Crippen molar-refractivity contribution in [3.05, 3.63) is 42.0 Å². The fraction of sp³-hybridized carbons (Fsp3) is 0.533. The van der Waals surface area contributed by atoms with Crippen molar-refractivity contribution in [1.82, 2.24) is 4.90 Å². The first-order chi connectivity index (χ1) is 8.96. The maximum absolute atomic E-state index is 12.0. The number of hydrogen-bond acceptors (Lipinski definition) is 3. The quantitative estimate of drug-likeness (QED) is 0.713. The predicted octanol–water partition coefficient (Wildman–Crippen LogP) is 3.51. The molecule has 1 aromatic carbocycles. The van der Waals surface area contributed by atoms with E-state index in [1.54, 1.807) is 4.90 Å². The molecule has 1 radical (unpaired) electrons. The van der Waals surface area contributed by atoms with E-state index in [4.69, 9.17) is 9.47 Å². The molecule has 1 aromatic rings. The van der Waals surface area contributed by atoms with Gasteiger partial charge in [-0.25, -0.2) is 4.79 Å². The molecule has 0 aromatic heterocycles. The van der Waals surface area contributed by atoms with E-state index in [2.05, 4.69) is 6.07 Å². The molecule has 0 saturated carbocycles. The van der Waals surface area contributed by atoms with Crippen molar-refractivity contribution < 1.29 is 47.0 Å². The van der Waals surface area contributed by atoms with Crippen LogP contribution in [0.15, 0.2) is 24.3 Å². The second-order valence-electron chi connectivity index (χ2n) is 5.62. The zero-order valence-electron chi connectivity index (χ0n) is 12.8. The molecule has 6 heteroatoms. The van der Waals surface area contributed by atoms with Crippen molar-refractivity contribution in [2.75, 3.05) is 19.7 Å². The summed E-state index contributed by atoms with van der Waals surface area (Å²) in [6.07, 6.45) is -0.362. The summed E-state index contributed by atoms with van der Waals surface area (Å²) in [6.45, 7) is 7.24. The first kappa shape index (κ1) is 20.5. The Morgan fingerprint density at radius 2 is 2.00 bits per heavy atom. The van der Waals surface area contributed by atoms with Gasteiger partial charge in [0.25, 0.3) is 0 Å². The fourth-order valence-electron chi connectivity index (χ4n) is 1.96. The third-order valence-corrected chi connectivity index (χ3v) is 2.83. The molecule has 1 heterocycles. The van der Waals surface area contributed by atoms with Gasteiger partial charge in [0.1, 0.15) is 5.60 Å². The molecule has 1 amide bonds. The molecule has 1 aliphatic rings. The van der Waals surface area contributed by atoms with Gasteiger partial charge in [-0.2, -0.15) is 30.3 Å². The molecule has 1 unspecified atom stereocenters. The minimum Gasteiger partial charge on any atom is -0.693 e. The number of rotatable bonds is 1. The van der Waals surface area contributed by atoms with Crippen LogP contribution < -0.4 is 0 Å². The maximum atomic E-state index is 12.0. The van der Waals surface area contributed by atoms with E-state index < -0.39 is 5.60 Å². The Balaban J connectivity index is 0.00000200. The number of nitrogens with zero attached hydrogens (tertiary/aromatic N) is 1. The van der Waals surface area contributed by atoms with Gasteiger partial charge in [-0.3, -0.25) is 0 Å². The van der Waals surface area contributed by atoms with Crippen LogP contribution in [0.4, 0.5) is 4.79 Å². The van der Waals surface area contributed by atoms with Crippen LogP contribution >= 0.6 is 0 Å². The normalized spacial score (nSPS) is 18.2. The molecule has 1 saturated heterocycles. The summed E-state index contributed by atoms with van der Waals surface area (Å²) in [6, 6.07) is 10.6. The minimum atomic E-state index is -0.466. The number of morpholine rings is 1. The summed E-state index contributed by atoms with van der Waals surface area (Å²) in [7, 11) is 0. The maximum Gasteiger partial charge on any atom is 0.410 e. The average molecular weight is 367 g/mol. The first-order valence-electron chi connectivity index (χ1n) is 6.51. The van der Waals surface area contributed by atoms with Crippen LogP contribution in [0, 0.1) is 6.07 Å². The Bertz CT molecular complexity index is 434. The Labute approximate surface area is 151 Å². The third-order valence-electron chi connectivity index (χ3n) is 2.83. The Morgan fingerprint density at radius 3 is 2.57 bits per heavy atom. The summed E-state index contributed by atoms with van der Waals surface area (Å²) < 4.78 is 11.1. The molecular weight excluding hydrogens is 345 g/mol. The molecule has 2 N–H and O–H groups in total. The van der Waals surface area contributed by atoms with Crippen LogP contribution in [0.2, 0.25) is 0 Å². The number of carbonyl (C=O) groups is 1.